The van der Waals surface area contributed by atoms with Crippen LogP contribution >= 0.6 is 23.2 Å². The molecule has 2 saturated heterocycles. The molecule has 0 aliphatic carbocycles. The first-order valence-electron chi connectivity index (χ1n) is 16.6. The predicted molar refractivity (Wildman–Crippen MR) is 194 cm³/mol. The van der Waals surface area contributed by atoms with Crippen molar-refractivity contribution in [2.45, 2.75) is 50.9 Å². The van der Waals surface area contributed by atoms with Gasteiger partial charge in [0.1, 0.15) is 11.4 Å². The Morgan fingerprint density at radius 2 is 1.57 bits per heavy atom. The van der Waals surface area contributed by atoms with Crippen LogP contribution in [0, 0.1) is 0 Å². The number of anilines is 1. The number of methoxy groups -OCH3 is 2. The molecule has 6 rings (SSSR count). The van der Waals surface area contributed by atoms with Crippen LogP contribution in [0.1, 0.15) is 47.3 Å². The van der Waals surface area contributed by atoms with Gasteiger partial charge >= 0.3 is 0 Å². The van der Waals surface area contributed by atoms with Gasteiger partial charge in [-0.25, -0.2) is 4.98 Å². The summed E-state index contributed by atoms with van der Waals surface area (Å²) in [5, 5.41) is 16.0. The van der Waals surface area contributed by atoms with Crippen LogP contribution in [0.15, 0.2) is 54.9 Å². The predicted octanol–water partition coefficient (Wildman–Crippen LogP) is 4.52. The maximum absolute atomic E-state index is 13.3. The average molecular weight is 734 g/mol. The molecule has 0 bridgehead atoms. The van der Waals surface area contributed by atoms with Crippen LogP contribution in [0.25, 0.3) is 22.5 Å². The van der Waals surface area contributed by atoms with E-state index in [0.29, 0.717) is 83.9 Å². The monoisotopic (exact) mass is 732 g/mol. The van der Waals surface area contributed by atoms with Crippen molar-refractivity contribution in [3.63, 3.8) is 0 Å². The number of carbonyl (C=O) groups excluding carboxylic acids is 3. The van der Waals surface area contributed by atoms with Crippen molar-refractivity contribution in [2.75, 3.05) is 32.6 Å². The van der Waals surface area contributed by atoms with Crippen molar-refractivity contribution in [3.8, 4) is 34.1 Å². The van der Waals surface area contributed by atoms with Crippen molar-refractivity contribution in [1.82, 2.24) is 36.2 Å². The number of benzene rings is 1. The smallest absolute Gasteiger partial charge is 0.274 e. The molecule has 2 atom stereocenters. The number of hydrogen-bond acceptors (Lipinski definition) is 10. The minimum Gasteiger partial charge on any atom is -0.496 e. The van der Waals surface area contributed by atoms with Crippen LogP contribution in [-0.2, 0) is 22.7 Å². The summed E-state index contributed by atoms with van der Waals surface area (Å²) >= 11 is 13.8. The van der Waals surface area contributed by atoms with Crippen LogP contribution in [0.3, 0.4) is 0 Å². The SMILES string of the molecule is COc1cc(C(=O)Nc2cccc(-c3nccc(-c4ccc(CNC[C@H]5CCC(=O)N5)c(OC)n4)c3Cl)c2Cl)ncc1CNC[C@H]1CCC(=O)N1. The van der Waals surface area contributed by atoms with Crippen molar-refractivity contribution in [1.29, 1.82) is 0 Å². The average Bonchev–Trinajstić information content (AvgIpc) is 3.76. The second kappa shape index (κ2) is 16.5. The normalized spacial score (nSPS) is 16.9. The van der Waals surface area contributed by atoms with Gasteiger partial charge in [-0.2, -0.15) is 0 Å². The van der Waals surface area contributed by atoms with Gasteiger partial charge in [-0.1, -0.05) is 41.4 Å². The lowest BCUT2D eigenvalue weighted by Crippen LogP contribution is -2.35. The summed E-state index contributed by atoms with van der Waals surface area (Å²) in [6.07, 6.45) is 5.90. The lowest BCUT2D eigenvalue weighted by molar-refractivity contribution is -0.120. The molecule has 0 unspecified atom stereocenters. The van der Waals surface area contributed by atoms with E-state index in [4.69, 9.17) is 37.7 Å². The molecular weight excluding hydrogens is 695 g/mol. The van der Waals surface area contributed by atoms with Crippen LogP contribution < -0.4 is 36.1 Å². The molecule has 15 heteroatoms. The number of rotatable bonds is 14. The van der Waals surface area contributed by atoms with Gasteiger partial charge in [0.05, 0.1) is 41.3 Å². The van der Waals surface area contributed by atoms with E-state index in [0.717, 1.165) is 24.0 Å². The number of pyridine rings is 3. The molecule has 51 heavy (non-hydrogen) atoms. The molecule has 13 nitrogen and oxygen atoms in total. The Balaban J connectivity index is 1.15. The van der Waals surface area contributed by atoms with Gasteiger partial charge in [0.15, 0.2) is 0 Å². The van der Waals surface area contributed by atoms with Gasteiger partial charge in [-0.15, -0.1) is 0 Å². The number of hydrogen-bond donors (Lipinski definition) is 5. The van der Waals surface area contributed by atoms with E-state index in [-0.39, 0.29) is 34.6 Å². The summed E-state index contributed by atoms with van der Waals surface area (Å²) < 4.78 is 11.1. The maximum Gasteiger partial charge on any atom is 0.274 e. The lowest BCUT2D eigenvalue weighted by Gasteiger charge is -2.15. The topological polar surface area (TPSA) is 168 Å². The standard InChI is InChI=1S/C36H38Cl2N8O5/c1-50-29-14-28(42-17-21(29)16-40-19-23-8-11-31(48)44-23)35(49)45-27-5-3-4-25(32(27)37)34-33(38)24(12-13-41-34)26-9-6-20(36(46-26)51-2)15-39-18-22-7-10-30(47)43-22/h3-6,9,12-14,17,22-23,39-40H,7-8,10-11,15-16,18-19H2,1-2H3,(H,43,47)(H,44,48)(H,45,49)/t22-,23-/m1/s1. The van der Waals surface area contributed by atoms with Gasteiger partial charge in [-0.3, -0.25) is 24.4 Å². The largest absolute Gasteiger partial charge is 0.496 e. The van der Waals surface area contributed by atoms with Gasteiger partial charge in [0.2, 0.25) is 17.7 Å². The molecule has 2 aliphatic heterocycles. The molecule has 3 aromatic heterocycles. The summed E-state index contributed by atoms with van der Waals surface area (Å²) in [6, 6.07) is 12.5. The first kappa shape index (κ1) is 36.0. The minimum absolute atomic E-state index is 0.0631. The second-order valence-corrected chi connectivity index (χ2v) is 13.0. The van der Waals surface area contributed by atoms with Crippen molar-refractivity contribution >= 4 is 46.6 Å². The van der Waals surface area contributed by atoms with Gasteiger partial charge in [0, 0.05) is 91.8 Å². The summed E-state index contributed by atoms with van der Waals surface area (Å²) in [5.74, 6) is 0.607. The highest BCUT2D eigenvalue weighted by Gasteiger charge is 2.23. The van der Waals surface area contributed by atoms with E-state index >= 15 is 0 Å². The van der Waals surface area contributed by atoms with E-state index in [9.17, 15) is 14.4 Å². The Bertz CT molecular complexity index is 1940. The first-order chi connectivity index (χ1) is 24.7. The van der Waals surface area contributed by atoms with Gasteiger partial charge in [-0.05, 0) is 31.0 Å². The van der Waals surface area contributed by atoms with E-state index in [1.807, 2.05) is 12.1 Å². The fraction of sp³-hybridized carbons (Fsp3) is 0.333. The third kappa shape index (κ3) is 8.56. The summed E-state index contributed by atoms with van der Waals surface area (Å²) in [7, 11) is 3.09. The maximum atomic E-state index is 13.3. The summed E-state index contributed by atoms with van der Waals surface area (Å²) in [6.45, 7) is 2.23. The highest BCUT2D eigenvalue weighted by atomic mass is 35.5. The molecule has 5 N–H and O–H groups in total. The molecule has 266 valence electrons. The zero-order valence-corrected chi connectivity index (χ0v) is 29.7. The number of nitrogens with zero attached hydrogens (tertiary/aromatic N) is 3. The van der Waals surface area contributed by atoms with Crippen LogP contribution in [-0.4, -0.2) is 72.1 Å². The first-order valence-corrected chi connectivity index (χ1v) is 17.3. The Labute approximate surface area is 305 Å². The zero-order valence-electron chi connectivity index (χ0n) is 28.1. The summed E-state index contributed by atoms with van der Waals surface area (Å²) in [5.41, 5.74) is 4.25. The van der Waals surface area contributed by atoms with Crippen LogP contribution in [0.2, 0.25) is 10.0 Å². The molecule has 2 fully saturated rings. The Morgan fingerprint density at radius 3 is 2.22 bits per heavy atom. The van der Waals surface area contributed by atoms with E-state index < -0.39 is 5.91 Å². The zero-order chi connectivity index (χ0) is 35.9. The Hall–Kier alpha value is -4.82. The molecule has 4 aromatic rings. The number of nitrogens with one attached hydrogen (secondary N) is 5. The van der Waals surface area contributed by atoms with Crippen LogP contribution in [0.5, 0.6) is 11.6 Å². The molecule has 5 heterocycles. The van der Waals surface area contributed by atoms with E-state index in [1.54, 1.807) is 49.8 Å². The number of halogens is 2. The van der Waals surface area contributed by atoms with Crippen molar-refractivity contribution in [3.05, 3.63) is 81.7 Å². The quantitative estimate of drug-likeness (QED) is 0.124. The van der Waals surface area contributed by atoms with Gasteiger partial charge < -0.3 is 36.1 Å². The van der Waals surface area contributed by atoms with Crippen LogP contribution in [0.4, 0.5) is 5.69 Å². The van der Waals surface area contributed by atoms with E-state index in [2.05, 4.69) is 36.6 Å². The second-order valence-electron chi connectivity index (χ2n) is 12.3. The number of ether oxygens (including phenoxy) is 2. The minimum atomic E-state index is -0.479. The van der Waals surface area contributed by atoms with Gasteiger partial charge in [0.25, 0.3) is 5.91 Å². The highest BCUT2D eigenvalue weighted by Crippen LogP contribution is 2.40. The lowest BCUT2D eigenvalue weighted by atomic mass is 10.1. The molecule has 1 aromatic carbocycles. The fourth-order valence-corrected chi connectivity index (χ4v) is 6.67. The third-order valence-electron chi connectivity index (χ3n) is 8.78. The molecule has 0 saturated carbocycles. The number of aromatic nitrogens is 3. The number of carbonyl (C=O) groups is 3. The molecule has 0 radical (unpaired) electrons. The Morgan fingerprint density at radius 1 is 0.863 bits per heavy atom. The summed E-state index contributed by atoms with van der Waals surface area (Å²) in [4.78, 5) is 49.9. The van der Waals surface area contributed by atoms with Crippen molar-refractivity contribution < 1.29 is 23.9 Å². The molecule has 2 aliphatic rings. The highest BCUT2D eigenvalue weighted by molar-refractivity contribution is 6.39. The third-order valence-corrected chi connectivity index (χ3v) is 9.57. The van der Waals surface area contributed by atoms with E-state index in [1.165, 1.54) is 7.11 Å². The Kier molecular flexibility index (Phi) is 11.6. The number of amides is 3. The molecule has 3 amide bonds. The fourth-order valence-electron chi connectivity index (χ4n) is 6.09. The molecule has 0 spiro atoms. The molecular formula is C36H38Cl2N8O5. The van der Waals surface area contributed by atoms with Crippen molar-refractivity contribution in [2.24, 2.45) is 0 Å².